The summed E-state index contributed by atoms with van der Waals surface area (Å²) in [6.45, 7) is 5.81. The Morgan fingerprint density at radius 3 is 2.39 bits per heavy atom. The van der Waals surface area contributed by atoms with Gasteiger partial charge in [0.05, 0.1) is 38.6 Å². The Morgan fingerprint density at radius 2 is 1.70 bits per heavy atom. The van der Waals surface area contributed by atoms with Crippen LogP contribution in [0.1, 0.15) is 87.2 Å². The van der Waals surface area contributed by atoms with Gasteiger partial charge in [-0.1, -0.05) is 41.4 Å². The molecule has 13 heteroatoms. The van der Waals surface area contributed by atoms with E-state index in [2.05, 4.69) is 31.0 Å². The number of rotatable bonds is 12. The molecular weight excluding hydrogens is 755 g/mol. The van der Waals surface area contributed by atoms with Gasteiger partial charge in [0, 0.05) is 42.4 Å². The monoisotopic (exact) mass is 817 g/mol. The second kappa shape index (κ2) is 22.0. The van der Waals surface area contributed by atoms with Crippen molar-refractivity contribution in [2.24, 2.45) is 29.6 Å². The zero-order valence-corrected chi connectivity index (χ0v) is 35.0. The number of nitrogens with one attached hydrogen (secondary N) is 1. The van der Waals surface area contributed by atoms with Gasteiger partial charge in [0.25, 0.3) is 0 Å². The average molecular weight is 818 g/mol. The Bertz CT molecular complexity index is 1580. The summed E-state index contributed by atoms with van der Waals surface area (Å²) in [7, 11) is 5.87. The molecule has 0 saturated heterocycles. The molecule has 0 aromatic heterocycles. The minimum absolute atomic E-state index is 0.0526. The first-order chi connectivity index (χ1) is 27.0. The van der Waals surface area contributed by atoms with Crippen LogP contribution in [0.2, 0.25) is 0 Å². The number of hydrogen-bond acceptors (Lipinski definition) is 13. The Balaban J connectivity index is 1.40. The van der Waals surface area contributed by atoms with Gasteiger partial charge in [-0.3, -0.25) is 0 Å². The Hall–Kier alpha value is -2.54. The highest BCUT2D eigenvalue weighted by Gasteiger charge is 2.37. The second-order valence-corrected chi connectivity index (χ2v) is 18.5. The van der Waals surface area contributed by atoms with E-state index in [4.69, 9.17) is 18.9 Å². The Labute approximate surface area is 340 Å². The Kier molecular flexibility index (Phi) is 17.5. The Morgan fingerprint density at radius 1 is 0.929 bits per heavy atom. The van der Waals surface area contributed by atoms with E-state index < -0.39 is 31.0 Å². The van der Waals surface area contributed by atoms with E-state index in [1.54, 1.807) is 18.2 Å². The van der Waals surface area contributed by atoms with E-state index in [0.717, 1.165) is 56.3 Å². The molecule has 0 bridgehead atoms. The lowest BCUT2D eigenvalue weighted by Gasteiger charge is -2.39. The van der Waals surface area contributed by atoms with Crippen LogP contribution >= 0.6 is 21.6 Å². The maximum absolute atomic E-state index is 11.7. The quantitative estimate of drug-likeness (QED) is 0.0758. The van der Waals surface area contributed by atoms with Gasteiger partial charge in [-0.2, -0.15) is 0 Å². The van der Waals surface area contributed by atoms with Gasteiger partial charge in [-0.15, -0.1) is 5.92 Å². The highest BCUT2D eigenvalue weighted by molar-refractivity contribution is 8.76. The third-order valence-corrected chi connectivity index (χ3v) is 14.4. The number of benzene rings is 2. The summed E-state index contributed by atoms with van der Waals surface area (Å²) < 4.78 is 23.2. The predicted molar refractivity (Wildman–Crippen MR) is 221 cm³/mol. The van der Waals surface area contributed by atoms with Crippen LogP contribution in [0.25, 0.3) is 0 Å². The van der Waals surface area contributed by atoms with Crippen molar-refractivity contribution in [1.82, 2.24) is 5.32 Å². The van der Waals surface area contributed by atoms with Gasteiger partial charge in [-0.05, 0) is 123 Å². The van der Waals surface area contributed by atoms with Crippen LogP contribution in [0, 0.1) is 41.4 Å². The fraction of sp³-hybridized carbons (Fsp3) is 0.674. The first-order valence-corrected chi connectivity index (χ1v) is 22.6. The van der Waals surface area contributed by atoms with Crippen LogP contribution in [-0.4, -0.2) is 102 Å². The largest absolute Gasteiger partial charge is 0.504 e. The third-order valence-electron chi connectivity index (χ3n) is 11.6. The topological polar surface area (TPSA) is 170 Å². The first-order valence-electron chi connectivity index (χ1n) is 20.2. The molecule has 0 unspecified atom stereocenters. The fourth-order valence-corrected chi connectivity index (χ4v) is 11.6. The van der Waals surface area contributed by atoms with E-state index in [1.807, 2.05) is 6.07 Å². The molecule has 56 heavy (non-hydrogen) atoms. The lowest BCUT2D eigenvalue weighted by molar-refractivity contribution is -0.0808. The minimum atomic E-state index is -1.00. The molecule has 1 fully saturated rings. The second-order valence-electron chi connectivity index (χ2n) is 15.9. The number of aromatic hydroxyl groups is 2. The molecule has 2 aromatic rings. The van der Waals surface area contributed by atoms with Crippen molar-refractivity contribution in [2.75, 3.05) is 46.5 Å². The van der Waals surface area contributed by atoms with Gasteiger partial charge in [0.1, 0.15) is 6.79 Å². The summed E-state index contributed by atoms with van der Waals surface area (Å²) >= 11 is 0. The number of phenols is 2. The summed E-state index contributed by atoms with van der Waals surface area (Å²) in [4.78, 5) is 0. The van der Waals surface area contributed by atoms with E-state index in [1.165, 1.54) is 35.8 Å². The standard InChI is InChI=1S/C43H63NO10S2/c1-26(2)15-28-7-5-6-13-44-23-30-9-11-32(20-33(28)30)54-39-19-29-8-10-31(53-25-46)21-36(47)35(16-27-17-40(51-3)43(50)41(18-27)52-4)38(49)24-55-56-42(12-14-45)34(29)22-37(39)48/h17-19,22,26,28,30-33,35-36,38,42,44-50H,6,8-16,20-21,23-25H2,1-4H3/t28-,30+,31+,32-,33-,35+,36-,38+,42+/m1/s1. The summed E-state index contributed by atoms with van der Waals surface area (Å²) in [5.74, 6) is 9.26. The number of aryl methyl sites for hydroxylation is 1. The van der Waals surface area contributed by atoms with Crippen molar-refractivity contribution in [3.8, 4) is 40.6 Å². The van der Waals surface area contributed by atoms with E-state index in [-0.39, 0.29) is 59.6 Å². The molecule has 9 atom stereocenters. The zero-order valence-electron chi connectivity index (χ0n) is 33.3. The SMILES string of the molecule is COc1cc(C[C@H]2[C@H](O)C[C@@H](OCO)CCc3cc(O[C@@H]4CC[C@H]5CNCCC#C[C@H](CC(C)C)[C@H]5C4)c(O)cc3[C@H](CCO)SSC[C@@H]2O)cc(OC)c1O. The van der Waals surface area contributed by atoms with Crippen molar-refractivity contribution in [2.45, 2.75) is 108 Å². The molecule has 2 aromatic carbocycles. The van der Waals surface area contributed by atoms with Crippen LogP contribution in [0.15, 0.2) is 24.3 Å². The van der Waals surface area contributed by atoms with Crippen molar-refractivity contribution in [3.05, 3.63) is 41.0 Å². The van der Waals surface area contributed by atoms with Crippen molar-refractivity contribution >= 4 is 21.6 Å². The smallest absolute Gasteiger partial charge is 0.200 e. The third kappa shape index (κ3) is 12.0. The molecule has 7 N–H and O–H groups in total. The van der Waals surface area contributed by atoms with Crippen molar-refractivity contribution < 1.29 is 49.6 Å². The zero-order chi connectivity index (χ0) is 40.2. The number of hydrogen-bond donors (Lipinski definition) is 7. The molecule has 2 heterocycles. The summed E-state index contributed by atoms with van der Waals surface area (Å²) in [6, 6.07) is 7.03. The van der Waals surface area contributed by atoms with Crippen LogP contribution in [-0.2, 0) is 17.6 Å². The molecule has 0 amide bonds. The molecular formula is C43H63NO10S2. The highest BCUT2D eigenvalue weighted by atomic mass is 33.1. The molecule has 0 radical (unpaired) electrons. The number of aliphatic hydroxyl groups excluding tert-OH is 4. The molecule has 11 nitrogen and oxygen atoms in total. The maximum Gasteiger partial charge on any atom is 0.200 e. The van der Waals surface area contributed by atoms with Crippen molar-refractivity contribution in [3.63, 3.8) is 0 Å². The summed E-state index contributed by atoms with van der Waals surface area (Å²) in [6.07, 6.45) is 3.91. The number of methoxy groups -OCH3 is 2. The van der Waals surface area contributed by atoms with Crippen LogP contribution in [0.5, 0.6) is 28.7 Å². The molecule has 1 saturated carbocycles. The maximum atomic E-state index is 11.7. The van der Waals surface area contributed by atoms with E-state index >= 15 is 0 Å². The molecule has 1 aliphatic carbocycles. The molecule has 2 aliphatic heterocycles. The number of phenolic OH excluding ortho intramolecular Hbond substituents is 2. The molecule has 0 spiro atoms. The summed E-state index contributed by atoms with van der Waals surface area (Å²) in [5, 5.41) is 68.7. The van der Waals surface area contributed by atoms with Crippen LogP contribution in [0.4, 0.5) is 0 Å². The lowest BCUT2D eigenvalue weighted by atomic mass is 9.69. The van der Waals surface area contributed by atoms with Gasteiger partial charge in [0.2, 0.25) is 5.75 Å². The fourth-order valence-electron chi connectivity index (χ4n) is 8.68. The molecule has 312 valence electrons. The minimum Gasteiger partial charge on any atom is -0.504 e. The van der Waals surface area contributed by atoms with Crippen molar-refractivity contribution in [1.29, 1.82) is 0 Å². The van der Waals surface area contributed by atoms with E-state index in [9.17, 15) is 30.6 Å². The van der Waals surface area contributed by atoms with Gasteiger partial charge >= 0.3 is 0 Å². The number of ether oxygens (including phenoxy) is 4. The average Bonchev–Trinajstić information content (AvgIpc) is 3.27. The summed E-state index contributed by atoms with van der Waals surface area (Å²) in [5.41, 5.74) is 2.51. The lowest BCUT2D eigenvalue weighted by Crippen LogP contribution is -2.40. The van der Waals surface area contributed by atoms with Gasteiger partial charge < -0.3 is 54.9 Å². The molecule has 3 aliphatic rings. The van der Waals surface area contributed by atoms with E-state index in [0.29, 0.717) is 54.2 Å². The molecule has 5 rings (SSSR count). The number of aliphatic hydroxyl groups is 4. The normalized spacial score (nSPS) is 29.1. The van der Waals surface area contributed by atoms with Crippen LogP contribution in [0.3, 0.4) is 0 Å². The first kappa shape index (κ1) is 44.6. The van der Waals surface area contributed by atoms with Gasteiger partial charge in [0.15, 0.2) is 23.0 Å². The van der Waals surface area contributed by atoms with Gasteiger partial charge in [-0.25, -0.2) is 0 Å². The predicted octanol–water partition coefficient (Wildman–Crippen LogP) is 5.99. The number of fused-ring (bicyclic) bond motifs is 2. The highest BCUT2D eigenvalue weighted by Crippen LogP contribution is 2.47. The van der Waals surface area contributed by atoms with Crippen LogP contribution < -0.4 is 19.5 Å².